The average molecular weight is 308 g/mol. The molecule has 0 amide bonds. The van der Waals surface area contributed by atoms with Gasteiger partial charge in [-0.15, -0.1) is 0 Å². The Hall–Kier alpha value is -2.48. The minimum absolute atomic E-state index is 0.742. The Morgan fingerprint density at radius 3 is 2.52 bits per heavy atom. The standard InChI is InChI=1S/C21H28N2/c1-7-10-11-19(9-3)14-18(6)22-20-13-12-16(4)21(15-20)23-17(5)8-2/h7,9-13,15,22-23H,3,5-6,8,14H2,1-2,4H3/b10-7-,19-11+. The van der Waals surface area contributed by atoms with E-state index in [4.69, 9.17) is 0 Å². The summed E-state index contributed by atoms with van der Waals surface area (Å²) in [5.74, 6) is 0. The molecule has 2 N–H and O–H groups in total. The summed E-state index contributed by atoms with van der Waals surface area (Å²) in [5.41, 5.74) is 6.35. The minimum atomic E-state index is 0.742. The fraction of sp³-hybridized carbons (Fsp3) is 0.238. The molecule has 0 saturated carbocycles. The quantitative estimate of drug-likeness (QED) is 0.520. The molecule has 1 aromatic rings. The topological polar surface area (TPSA) is 24.1 Å². The first-order valence-electron chi connectivity index (χ1n) is 7.94. The van der Waals surface area contributed by atoms with E-state index in [0.29, 0.717) is 0 Å². The predicted molar refractivity (Wildman–Crippen MR) is 105 cm³/mol. The van der Waals surface area contributed by atoms with Gasteiger partial charge in [0.05, 0.1) is 0 Å². The number of anilines is 2. The third-order valence-corrected chi connectivity index (χ3v) is 3.48. The summed E-state index contributed by atoms with van der Waals surface area (Å²) in [7, 11) is 0. The summed E-state index contributed by atoms with van der Waals surface area (Å²) in [4.78, 5) is 0. The molecule has 0 atom stereocenters. The van der Waals surface area contributed by atoms with Gasteiger partial charge in [0.2, 0.25) is 0 Å². The molecule has 2 heteroatoms. The van der Waals surface area contributed by atoms with Crippen molar-refractivity contribution in [3.8, 4) is 0 Å². The van der Waals surface area contributed by atoms with Gasteiger partial charge in [-0.05, 0) is 43.5 Å². The lowest BCUT2D eigenvalue weighted by molar-refractivity contribution is 1.11. The van der Waals surface area contributed by atoms with E-state index in [1.54, 1.807) is 0 Å². The normalized spacial score (nSPS) is 11.3. The fourth-order valence-corrected chi connectivity index (χ4v) is 2.03. The first-order valence-corrected chi connectivity index (χ1v) is 7.94. The van der Waals surface area contributed by atoms with E-state index in [0.717, 1.165) is 41.2 Å². The molecule has 0 heterocycles. The lowest BCUT2D eigenvalue weighted by Crippen LogP contribution is -2.02. The summed E-state index contributed by atoms with van der Waals surface area (Å²) >= 11 is 0. The van der Waals surface area contributed by atoms with E-state index in [2.05, 4.69) is 62.4 Å². The molecule has 0 radical (unpaired) electrons. The van der Waals surface area contributed by atoms with Crippen molar-refractivity contribution >= 4 is 11.4 Å². The maximum atomic E-state index is 4.11. The molecule has 0 unspecified atom stereocenters. The van der Waals surface area contributed by atoms with Gasteiger partial charge < -0.3 is 10.6 Å². The van der Waals surface area contributed by atoms with Gasteiger partial charge >= 0.3 is 0 Å². The van der Waals surface area contributed by atoms with E-state index in [9.17, 15) is 0 Å². The van der Waals surface area contributed by atoms with E-state index in [1.165, 1.54) is 5.56 Å². The third-order valence-electron chi connectivity index (χ3n) is 3.48. The Morgan fingerprint density at radius 2 is 1.91 bits per heavy atom. The molecular formula is C21H28N2. The largest absolute Gasteiger partial charge is 0.359 e. The van der Waals surface area contributed by atoms with Crippen molar-refractivity contribution in [2.45, 2.75) is 33.6 Å². The molecule has 23 heavy (non-hydrogen) atoms. The maximum Gasteiger partial charge on any atom is 0.0432 e. The summed E-state index contributed by atoms with van der Waals surface area (Å²) < 4.78 is 0. The summed E-state index contributed by atoms with van der Waals surface area (Å²) in [6.45, 7) is 18.1. The SMILES string of the molecule is C=C/C(=C\C=C/C)CC(=C)Nc1ccc(C)c(NC(=C)CC)c1. The monoisotopic (exact) mass is 308 g/mol. The van der Waals surface area contributed by atoms with Gasteiger partial charge in [-0.25, -0.2) is 0 Å². The van der Waals surface area contributed by atoms with E-state index in [1.807, 2.05) is 31.2 Å². The van der Waals surface area contributed by atoms with Crippen LogP contribution in [0.25, 0.3) is 0 Å². The molecule has 0 aliphatic rings. The molecule has 0 aliphatic carbocycles. The first kappa shape index (κ1) is 18.6. The summed E-state index contributed by atoms with van der Waals surface area (Å²) in [6.07, 6.45) is 9.56. The zero-order chi connectivity index (χ0) is 17.2. The van der Waals surface area contributed by atoms with Gasteiger partial charge in [0, 0.05) is 29.2 Å². The van der Waals surface area contributed by atoms with Gasteiger partial charge in [0.15, 0.2) is 0 Å². The second kappa shape index (κ2) is 9.52. The van der Waals surface area contributed by atoms with Gasteiger partial charge in [-0.1, -0.05) is 57.0 Å². The van der Waals surface area contributed by atoms with Crippen LogP contribution in [-0.4, -0.2) is 0 Å². The molecule has 0 spiro atoms. The zero-order valence-corrected chi connectivity index (χ0v) is 14.6. The van der Waals surface area contributed by atoms with Crippen LogP contribution in [-0.2, 0) is 0 Å². The molecule has 0 fully saturated rings. The minimum Gasteiger partial charge on any atom is -0.359 e. The van der Waals surface area contributed by atoms with Crippen LogP contribution in [0.2, 0.25) is 0 Å². The Kier molecular flexibility index (Phi) is 7.69. The highest BCUT2D eigenvalue weighted by Crippen LogP contribution is 2.24. The smallest absolute Gasteiger partial charge is 0.0432 e. The first-order chi connectivity index (χ1) is 11.0. The maximum absolute atomic E-state index is 4.11. The average Bonchev–Trinajstić information content (AvgIpc) is 2.54. The van der Waals surface area contributed by atoms with Crippen LogP contribution in [0.4, 0.5) is 11.4 Å². The van der Waals surface area contributed by atoms with Crippen LogP contribution in [0.15, 0.2) is 79.2 Å². The lowest BCUT2D eigenvalue weighted by Gasteiger charge is -2.15. The molecule has 0 aliphatic heterocycles. The zero-order valence-electron chi connectivity index (χ0n) is 14.6. The summed E-state index contributed by atoms with van der Waals surface area (Å²) in [5, 5.41) is 6.72. The number of aryl methyl sites for hydroxylation is 1. The van der Waals surface area contributed by atoms with Crippen LogP contribution < -0.4 is 10.6 Å². The van der Waals surface area contributed by atoms with E-state index < -0.39 is 0 Å². The van der Waals surface area contributed by atoms with Gasteiger partial charge in [-0.2, -0.15) is 0 Å². The lowest BCUT2D eigenvalue weighted by atomic mass is 10.1. The van der Waals surface area contributed by atoms with Crippen LogP contribution in [0.5, 0.6) is 0 Å². The Labute approximate surface area is 141 Å². The number of rotatable bonds is 9. The number of hydrogen-bond donors (Lipinski definition) is 2. The molecule has 2 nitrogen and oxygen atoms in total. The van der Waals surface area contributed by atoms with Crippen LogP contribution >= 0.6 is 0 Å². The van der Waals surface area contributed by atoms with Gasteiger partial charge in [-0.3, -0.25) is 0 Å². The Balaban J connectivity index is 2.80. The number of nitrogens with one attached hydrogen (secondary N) is 2. The molecule has 122 valence electrons. The molecule has 1 aromatic carbocycles. The highest BCUT2D eigenvalue weighted by atomic mass is 14.9. The van der Waals surface area contributed by atoms with Gasteiger partial charge in [0.25, 0.3) is 0 Å². The highest BCUT2D eigenvalue weighted by molar-refractivity contribution is 5.64. The highest BCUT2D eigenvalue weighted by Gasteiger charge is 2.03. The summed E-state index contributed by atoms with van der Waals surface area (Å²) in [6, 6.07) is 6.24. The molecule has 0 saturated heterocycles. The molecule has 0 bridgehead atoms. The van der Waals surface area contributed by atoms with Crippen molar-refractivity contribution in [1.82, 2.24) is 0 Å². The van der Waals surface area contributed by atoms with Crippen molar-refractivity contribution in [1.29, 1.82) is 0 Å². The fourth-order valence-electron chi connectivity index (χ4n) is 2.03. The van der Waals surface area contributed by atoms with Gasteiger partial charge in [0.1, 0.15) is 0 Å². The van der Waals surface area contributed by atoms with Crippen LogP contribution in [0.3, 0.4) is 0 Å². The second-order valence-electron chi connectivity index (χ2n) is 5.49. The van der Waals surface area contributed by atoms with Crippen molar-refractivity contribution < 1.29 is 0 Å². The second-order valence-corrected chi connectivity index (χ2v) is 5.49. The number of benzene rings is 1. The Morgan fingerprint density at radius 1 is 1.17 bits per heavy atom. The molecule has 1 rings (SSSR count). The van der Waals surface area contributed by atoms with Crippen molar-refractivity contribution in [2.75, 3.05) is 10.6 Å². The molecule has 0 aromatic heterocycles. The Bertz CT molecular complexity index is 633. The van der Waals surface area contributed by atoms with E-state index in [-0.39, 0.29) is 0 Å². The van der Waals surface area contributed by atoms with Crippen LogP contribution in [0, 0.1) is 6.92 Å². The van der Waals surface area contributed by atoms with Crippen molar-refractivity contribution in [3.05, 3.63) is 84.8 Å². The van der Waals surface area contributed by atoms with E-state index >= 15 is 0 Å². The van der Waals surface area contributed by atoms with Crippen LogP contribution in [0.1, 0.15) is 32.3 Å². The van der Waals surface area contributed by atoms with Crippen molar-refractivity contribution in [2.24, 2.45) is 0 Å². The predicted octanol–water partition coefficient (Wildman–Crippen LogP) is 6.33. The molecular weight excluding hydrogens is 280 g/mol. The third kappa shape index (κ3) is 6.43. The number of allylic oxidation sites excluding steroid dienone is 6. The number of hydrogen-bond acceptors (Lipinski definition) is 2. The van der Waals surface area contributed by atoms with Crippen molar-refractivity contribution in [3.63, 3.8) is 0 Å².